The third kappa shape index (κ3) is 1.64. The molecule has 0 aliphatic carbocycles. The molecule has 0 radical (unpaired) electrons. The van der Waals surface area contributed by atoms with Gasteiger partial charge in [0.2, 0.25) is 0 Å². The first kappa shape index (κ1) is 10.3. The second-order valence-corrected chi connectivity index (χ2v) is 4.91. The van der Waals surface area contributed by atoms with E-state index in [1.807, 2.05) is 24.4 Å². The van der Waals surface area contributed by atoms with Gasteiger partial charge in [-0.1, -0.05) is 11.6 Å². The molecule has 0 atom stereocenters. The van der Waals surface area contributed by atoms with E-state index in [2.05, 4.69) is 15.9 Å². The Hall–Kier alpha value is -0.250. The molecule has 0 unspecified atom stereocenters. The SMILES string of the molecule is CCOc1csc2ccc(Br)c(Cl)c12. The number of hydrogen-bond donors (Lipinski definition) is 0. The van der Waals surface area contributed by atoms with Gasteiger partial charge in [0.25, 0.3) is 0 Å². The fourth-order valence-corrected chi connectivity index (χ4v) is 2.83. The minimum atomic E-state index is 0.661. The highest BCUT2D eigenvalue weighted by molar-refractivity contribution is 9.10. The lowest BCUT2D eigenvalue weighted by atomic mass is 10.2. The summed E-state index contributed by atoms with van der Waals surface area (Å²) in [5, 5.41) is 3.73. The Labute approximate surface area is 99.8 Å². The first-order valence-electron chi connectivity index (χ1n) is 4.22. The van der Waals surface area contributed by atoms with E-state index in [9.17, 15) is 0 Å². The number of ether oxygens (including phenoxy) is 1. The van der Waals surface area contributed by atoms with E-state index in [1.165, 1.54) is 0 Å². The van der Waals surface area contributed by atoms with E-state index in [0.29, 0.717) is 6.61 Å². The third-order valence-electron chi connectivity index (χ3n) is 1.90. The number of rotatable bonds is 2. The molecule has 4 heteroatoms. The minimum Gasteiger partial charge on any atom is -0.492 e. The van der Waals surface area contributed by atoms with Crippen LogP contribution in [-0.2, 0) is 0 Å². The summed E-state index contributed by atoms with van der Waals surface area (Å²) in [6, 6.07) is 4.00. The van der Waals surface area contributed by atoms with Crippen molar-refractivity contribution in [3.63, 3.8) is 0 Å². The summed E-state index contributed by atoms with van der Waals surface area (Å²) in [6.07, 6.45) is 0. The number of thiophene rings is 1. The Bertz CT molecular complexity index is 466. The van der Waals surface area contributed by atoms with Crippen LogP contribution in [0.25, 0.3) is 10.1 Å². The third-order valence-corrected chi connectivity index (χ3v) is 4.10. The molecule has 0 aliphatic rings. The van der Waals surface area contributed by atoms with Crippen LogP contribution in [0.15, 0.2) is 22.0 Å². The molecule has 0 spiro atoms. The summed E-state index contributed by atoms with van der Waals surface area (Å²) in [6.45, 7) is 2.63. The molecule has 0 bridgehead atoms. The second kappa shape index (κ2) is 4.09. The Balaban J connectivity index is 2.69. The van der Waals surface area contributed by atoms with Gasteiger partial charge in [0.15, 0.2) is 0 Å². The minimum absolute atomic E-state index is 0.661. The highest BCUT2D eigenvalue weighted by atomic mass is 79.9. The normalized spacial score (nSPS) is 10.8. The molecule has 2 rings (SSSR count). The maximum atomic E-state index is 6.19. The Morgan fingerprint density at radius 2 is 2.29 bits per heavy atom. The van der Waals surface area contributed by atoms with Crippen LogP contribution in [-0.4, -0.2) is 6.61 Å². The van der Waals surface area contributed by atoms with Gasteiger partial charge in [0, 0.05) is 14.6 Å². The summed E-state index contributed by atoms with van der Waals surface area (Å²) in [5.41, 5.74) is 0. The van der Waals surface area contributed by atoms with Gasteiger partial charge in [0.05, 0.1) is 17.0 Å². The molecular weight excluding hydrogens is 284 g/mol. The molecule has 0 saturated heterocycles. The fraction of sp³-hybridized carbons (Fsp3) is 0.200. The predicted molar refractivity (Wildman–Crippen MR) is 65.7 cm³/mol. The van der Waals surface area contributed by atoms with Crippen LogP contribution in [0.2, 0.25) is 5.02 Å². The van der Waals surface area contributed by atoms with E-state index in [4.69, 9.17) is 16.3 Å². The molecule has 1 nitrogen and oxygen atoms in total. The Kier molecular flexibility index (Phi) is 3.00. The van der Waals surface area contributed by atoms with Gasteiger partial charge in [-0.2, -0.15) is 0 Å². The fourth-order valence-electron chi connectivity index (χ4n) is 1.30. The average molecular weight is 292 g/mol. The van der Waals surface area contributed by atoms with Gasteiger partial charge in [-0.05, 0) is 35.0 Å². The molecule has 0 N–H and O–H groups in total. The van der Waals surface area contributed by atoms with Crippen LogP contribution in [0.4, 0.5) is 0 Å². The monoisotopic (exact) mass is 290 g/mol. The van der Waals surface area contributed by atoms with Crippen LogP contribution in [0.5, 0.6) is 5.75 Å². The Morgan fingerprint density at radius 1 is 1.50 bits per heavy atom. The number of benzene rings is 1. The molecule has 0 aliphatic heterocycles. The number of halogens is 2. The van der Waals surface area contributed by atoms with Crippen LogP contribution in [0.1, 0.15) is 6.92 Å². The van der Waals surface area contributed by atoms with Gasteiger partial charge < -0.3 is 4.74 Å². The number of hydrogen-bond acceptors (Lipinski definition) is 2. The van der Waals surface area contributed by atoms with E-state index in [0.717, 1.165) is 25.3 Å². The highest BCUT2D eigenvalue weighted by Gasteiger charge is 2.10. The highest BCUT2D eigenvalue weighted by Crippen LogP contribution is 2.40. The van der Waals surface area contributed by atoms with Crippen molar-refractivity contribution in [3.05, 3.63) is 27.0 Å². The predicted octanol–water partition coefficient (Wildman–Crippen LogP) is 4.72. The van der Waals surface area contributed by atoms with Crippen LogP contribution >= 0.6 is 38.9 Å². The topological polar surface area (TPSA) is 9.23 Å². The zero-order valence-electron chi connectivity index (χ0n) is 7.51. The summed E-state index contributed by atoms with van der Waals surface area (Å²) < 4.78 is 7.56. The number of fused-ring (bicyclic) bond motifs is 1. The van der Waals surface area contributed by atoms with Crippen molar-refractivity contribution in [1.29, 1.82) is 0 Å². The summed E-state index contributed by atoms with van der Waals surface area (Å²) in [7, 11) is 0. The van der Waals surface area contributed by atoms with Gasteiger partial charge in [0.1, 0.15) is 5.75 Å². The van der Waals surface area contributed by atoms with Crippen molar-refractivity contribution < 1.29 is 4.74 Å². The molecule has 0 amide bonds. The molecule has 1 aromatic heterocycles. The van der Waals surface area contributed by atoms with Gasteiger partial charge in [-0.15, -0.1) is 11.3 Å². The van der Waals surface area contributed by atoms with Crippen LogP contribution < -0.4 is 4.74 Å². The lowest BCUT2D eigenvalue weighted by Gasteiger charge is -2.03. The van der Waals surface area contributed by atoms with Crippen molar-refractivity contribution in [2.45, 2.75) is 6.92 Å². The van der Waals surface area contributed by atoms with Crippen molar-refractivity contribution in [3.8, 4) is 5.75 Å². The van der Waals surface area contributed by atoms with Crippen LogP contribution in [0, 0.1) is 0 Å². The lowest BCUT2D eigenvalue weighted by molar-refractivity contribution is 0.345. The van der Waals surface area contributed by atoms with Crippen molar-refractivity contribution in [2.24, 2.45) is 0 Å². The maximum absolute atomic E-state index is 6.19. The summed E-state index contributed by atoms with van der Waals surface area (Å²) in [4.78, 5) is 0. The zero-order valence-corrected chi connectivity index (χ0v) is 10.7. The largest absolute Gasteiger partial charge is 0.492 e. The van der Waals surface area contributed by atoms with Gasteiger partial charge >= 0.3 is 0 Å². The van der Waals surface area contributed by atoms with E-state index in [-0.39, 0.29) is 0 Å². The second-order valence-electron chi connectivity index (χ2n) is 2.77. The van der Waals surface area contributed by atoms with Crippen molar-refractivity contribution in [1.82, 2.24) is 0 Å². The molecule has 0 fully saturated rings. The first-order chi connectivity index (χ1) is 6.74. The molecule has 1 aromatic carbocycles. The van der Waals surface area contributed by atoms with Gasteiger partial charge in [-0.3, -0.25) is 0 Å². The Morgan fingerprint density at radius 3 is 3.00 bits per heavy atom. The molecule has 14 heavy (non-hydrogen) atoms. The average Bonchev–Trinajstić information content (AvgIpc) is 2.57. The van der Waals surface area contributed by atoms with Crippen molar-refractivity contribution >= 4 is 49.0 Å². The van der Waals surface area contributed by atoms with Gasteiger partial charge in [-0.25, -0.2) is 0 Å². The standard InChI is InChI=1S/C10H8BrClOS/c1-2-13-7-5-14-8-4-3-6(11)10(12)9(7)8/h3-5H,2H2,1H3. The quantitative estimate of drug-likeness (QED) is 0.778. The molecule has 1 heterocycles. The van der Waals surface area contributed by atoms with Crippen molar-refractivity contribution in [2.75, 3.05) is 6.61 Å². The summed E-state index contributed by atoms with van der Waals surface area (Å²) >= 11 is 11.2. The molecule has 2 aromatic rings. The molecule has 74 valence electrons. The van der Waals surface area contributed by atoms with E-state index >= 15 is 0 Å². The van der Waals surface area contributed by atoms with E-state index < -0.39 is 0 Å². The van der Waals surface area contributed by atoms with E-state index in [1.54, 1.807) is 11.3 Å². The smallest absolute Gasteiger partial charge is 0.139 e. The summed E-state index contributed by atoms with van der Waals surface area (Å²) in [5.74, 6) is 0.874. The maximum Gasteiger partial charge on any atom is 0.139 e. The molecular formula is C10H8BrClOS. The lowest BCUT2D eigenvalue weighted by Crippen LogP contribution is -1.89. The zero-order chi connectivity index (χ0) is 10.1. The first-order valence-corrected chi connectivity index (χ1v) is 6.27. The van der Waals surface area contributed by atoms with Crippen LogP contribution in [0.3, 0.4) is 0 Å². The molecule has 0 saturated carbocycles.